The van der Waals surface area contributed by atoms with Crippen molar-refractivity contribution in [2.75, 3.05) is 27.9 Å². The van der Waals surface area contributed by atoms with Gasteiger partial charge in [-0.05, 0) is 30.7 Å². The van der Waals surface area contributed by atoms with Crippen molar-refractivity contribution < 1.29 is 19.1 Å². The van der Waals surface area contributed by atoms with Crippen molar-refractivity contribution in [3.63, 3.8) is 0 Å². The minimum Gasteiger partial charge on any atom is -0.496 e. The fourth-order valence-corrected chi connectivity index (χ4v) is 2.58. The molecule has 2 aromatic rings. The lowest BCUT2D eigenvalue weighted by Crippen LogP contribution is -2.17. The van der Waals surface area contributed by atoms with E-state index < -0.39 is 4.92 Å². The molecule has 142 valence electrons. The molecule has 0 heterocycles. The summed E-state index contributed by atoms with van der Waals surface area (Å²) in [5.74, 6) is 1.54. The highest BCUT2D eigenvalue weighted by molar-refractivity contribution is 5.85. The molecular weight excluding hydrogens is 360 g/mol. The number of nitrogens with one attached hydrogen (secondary N) is 1. The van der Waals surface area contributed by atoms with Gasteiger partial charge in [-0.25, -0.2) is 0 Å². The summed E-state index contributed by atoms with van der Waals surface area (Å²) in [6, 6.07) is 10.9. The van der Waals surface area contributed by atoms with Crippen LogP contribution in [-0.4, -0.2) is 32.8 Å². The molecule has 0 atom stereocenters. The van der Waals surface area contributed by atoms with Crippen molar-refractivity contribution in [3.8, 4) is 17.2 Å². The van der Waals surface area contributed by atoms with Gasteiger partial charge in [-0.3, -0.25) is 10.1 Å². The van der Waals surface area contributed by atoms with Gasteiger partial charge >= 0.3 is 5.69 Å². The highest BCUT2D eigenvalue weighted by Gasteiger charge is 2.19. The highest BCUT2D eigenvalue weighted by atomic mass is 35.5. The van der Waals surface area contributed by atoms with Gasteiger partial charge in [-0.2, -0.15) is 0 Å². The number of nitrogens with zero attached hydrogens (tertiary/aromatic N) is 1. The van der Waals surface area contributed by atoms with E-state index >= 15 is 0 Å². The number of methoxy groups -OCH3 is 3. The lowest BCUT2D eigenvalue weighted by Gasteiger charge is -2.12. The molecule has 0 aromatic heterocycles. The summed E-state index contributed by atoms with van der Waals surface area (Å²) < 4.78 is 15.7. The summed E-state index contributed by atoms with van der Waals surface area (Å²) in [5, 5.41) is 14.4. The Morgan fingerprint density at radius 1 is 0.962 bits per heavy atom. The monoisotopic (exact) mass is 382 g/mol. The quantitative estimate of drug-likeness (QED) is 0.406. The van der Waals surface area contributed by atoms with E-state index in [0.29, 0.717) is 25.3 Å². The molecule has 0 bridgehead atoms. The van der Waals surface area contributed by atoms with Gasteiger partial charge in [0.25, 0.3) is 0 Å². The van der Waals surface area contributed by atoms with Gasteiger partial charge in [0.05, 0.1) is 32.3 Å². The second-order valence-corrected chi connectivity index (χ2v) is 5.33. The van der Waals surface area contributed by atoms with Crippen molar-refractivity contribution in [1.29, 1.82) is 0 Å². The number of halogens is 1. The Balaban J connectivity index is 0.00000338. The first kappa shape index (κ1) is 21.5. The van der Waals surface area contributed by atoms with E-state index in [-0.39, 0.29) is 23.8 Å². The first-order valence-electron chi connectivity index (χ1n) is 7.82. The van der Waals surface area contributed by atoms with E-state index in [1.165, 1.54) is 20.3 Å². The van der Waals surface area contributed by atoms with Gasteiger partial charge in [0.15, 0.2) is 5.75 Å². The minimum atomic E-state index is -0.481. The molecule has 0 saturated heterocycles. The van der Waals surface area contributed by atoms with Crippen molar-refractivity contribution >= 4 is 18.1 Å². The standard InChI is InChI=1S/C18H22N2O5.ClH/c1-23-16-7-5-4-6-14(16)12-19-9-8-13-10-18(25-3)15(20(21)22)11-17(13)24-2;/h4-7,10-11,19H,8-9,12H2,1-3H3;1H. The average Bonchev–Trinajstić information content (AvgIpc) is 2.64. The third kappa shape index (κ3) is 5.24. The molecule has 2 aromatic carbocycles. The summed E-state index contributed by atoms with van der Waals surface area (Å²) in [6.07, 6.45) is 0.646. The zero-order chi connectivity index (χ0) is 18.2. The number of ether oxygens (including phenoxy) is 3. The average molecular weight is 383 g/mol. The fraction of sp³-hybridized carbons (Fsp3) is 0.333. The molecular formula is C18H23ClN2O5. The third-order valence-electron chi connectivity index (χ3n) is 3.86. The fourth-order valence-electron chi connectivity index (χ4n) is 2.58. The normalized spacial score (nSPS) is 9.96. The molecule has 0 fully saturated rings. The van der Waals surface area contributed by atoms with Crippen LogP contribution in [0.5, 0.6) is 17.2 Å². The Hall–Kier alpha value is -2.51. The van der Waals surface area contributed by atoms with Gasteiger partial charge in [-0.1, -0.05) is 18.2 Å². The Morgan fingerprint density at radius 2 is 1.62 bits per heavy atom. The highest BCUT2D eigenvalue weighted by Crippen LogP contribution is 2.34. The van der Waals surface area contributed by atoms with Gasteiger partial charge in [0.1, 0.15) is 11.5 Å². The summed E-state index contributed by atoms with van der Waals surface area (Å²) >= 11 is 0. The van der Waals surface area contributed by atoms with Gasteiger partial charge in [0.2, 0.25) is 0 Å². The largest absolute Gasteiger partial charge is 0.496 e. The summed E-state index contributed by atoms with van der Waals surface area (Å²) in [7, 11) is 4.56. The lowest BCUT2D eigenvalue weighted by atomic mass is 10.1. The van der Waals surface area contributed by atoms with Crippen LogP contribution in [0.1, 0.15) is 11.1 Å². The molecule has 0 saturated carbocycles. The SMILES string of the molecule is COc1cc([N+](=O)[O-])c(OC)cc1CCNCc1ccccc1OC.Cl. The van der Waals surface area contributed by atoms with E-state index in [4.69, 9.17) is 14.2 Å². The molecule has 0 aliphatic rings. The Morgan fingerprint density at radius 3 is 2.23 bits per heavy atom. The van der Waals surface area contributed by atoms with Crippen LogP contribution in [0.4, 0.5) is 5.69 Å². The van der Waals surface area contributed by atoms with E-state index in [1.54, 1.807) is 13.2 Å². The molecule has 0 amide bonds. The van der Waals surface area contributed by atoms with Gasteiger partial charge < -0.3 is 19.5 Å². The molecule has 0 aliphatic heterocycles. The Labute approximate surface area is 158 Å². The van der Waals surface area contributed by atoms with E-state index in [1.807, 2.05) is 24.3 Å². The van der Waals surface area contributed by atoms with E-state index in [2.05, 4.69) is 5.32 Å². The van der Waals surface area contributed by atoms with Crippen LogP contribution >= 0.6 is 12.4 Å². The lowest BCUT2D eigenvalue weighted by molar-refractivity contribution is -0.385. The number of hydrogen-bond donors (Lipinski definition) is 1. The van der Waals surface area contributed by atoms with Crippen LogP contribution in [0.3, 0.4) is 0 Å². The second kappa shape index (κ2) is 10.5. The second-order valence-electron chi connectivity index (χ2n) is 5.33. The molecule has 26 heavy (non-hydrogen) atoms. The van der Waals surface area contributed by atoms with E-state index in [0.717, 1.165) is 16.9 Å². The van der Waals surface area contributed by atoms with Gasteiger partial charge in [-0.15, -0.1) is 12.4 Å². The van der Waals surface area contributed by atoms with Gasteiger partial charge in [0, 0.05) is 12.1 Å². The van der Waals surface area contributed by atoms with Crippen LogP contribution in [0, 0.1) is 10.1 Å². The summed E-state index contributed by atoms with van der Waals surface area (Å²) in [4.78, 5) is 10.6. The molecule has 1 N–H and O–H groups in total. The molecule has 0 spiro atoms. The number of para-hydroxylation sites is 1. The molecule has 7 nitrogen and oxygen atoms in total. The van der Waals surface area contributed by atoms with Crippen molar-refractivity contribution in [3.05, 3.63) is 57.6 Å². The maximum atomic E-state index is 11.1. The number of nitro benzene ring substituents is 1. The predicted octanol–water partition coefficient (Wildman–Crippen LogP) is 3.37. The molecule has 8 heteroatoms. The maximum absolute atomic E-state index is 11.1. The number of benzene rings is 2. The minimum absolute atomic E-state index is 0. The summed E-state index contributed by atoms with van der Waals surface area (Å²) in [6.45, 7) is 1.34. The third-order valence-corrected chi connectivity index (χ3v) is 3.86. The smallest absolute Gasteiger partial charge is 0.314 e. The molecule has 0 aliphatic carbocycles. The topological polar surface area (TPSA) is 82.9 Å². The Bertz CT molecular complexity index is 740. The molecule has 2 rings (SSSR count). The number of rotatable bonds is 9. The van der Waals surface area contributed by atoms with Crippen molar-refractivity contribution in [2.24, 2.45) is 0 Å². The van der Waals surface area contributed by atoms with Crippen molar-refractivity contribution in [2.45, 2.75) is 13.0 Å². The van der Waals surface area contributed by atoms with Crippen LogP contribution < -0.4 is 19.5 Å². The summed E-state index contributed by atoms with van der Waals surface area (Å²) in [5.41, 5.74) is 1.81. The Kier molecular flexibility index (Phi) is 8.67. The first-order chi connectivity index (χ1) is 12.1. The van der Waals surface area contributed by atoms with Crippen LogP contribution in [-0.2, 0) is 13.0 Å². The van der Waals surface area contributed by atoms with Crippen LogP contribution in [0.25, 0.3) is 0 Å². The number of hydrogen-bond acceptors (Lipinski definition) is 6. The zero-order valence-electron chi connectivity index (χ0n) is 15.0. The first-order valence-corrected chi connectivity index (χ1v) is 7.82. The van der Waals surface area contributed by atoms with Crippen LogP contribution in [0.15, 0.2) is 36.4 Å². The molecule has 0 radical (unpaired) electrons. The van der Waals surface area contributed by atoms with Crippen LogP contribution in [0.2, 0.25) is 0 Å². The maximum Gasteiger partial charge on any atom is 0.314 e. The number of nitro groups is 1. The zero-order valence-corrected chi connectivity index (χ0v) is 15.8. The predicted molar refractivity (Wildman–Crippen MR) is 102 cm³/mol. The molecule has 0 unspecified atom stereocenters. The van der Waals surface area contributed by atoms with E-state index in [9.17, 15) is 10.1 Å². The van der Waals surface area contributed by atoms with Crippen molar-refractivity contribution in [1.82, 2.24) is 5.32 Å².